The largest absolute Gasteiger partial charge is 0.619 e. The molecule has 2 amide bonds. The second-order valence-corrected chi connectivity index (χ2v) is 3.86. The zero-order valence-electron chi connectivity index (χ0n) is 9.77. The molecule has 17 heavy (non-hydrogen) atoms. The van der Waals surface area contributed by atoms with E-state index < -0.39 is 5.91 Å². The van der Waals surface area contributed by atoms with Gasteiger partial charge in [-0.25, -0.2) is 0 Å². The highest BCUT2D eigenvalue weighted by Gasteiger charge is 2.10. The minimum absolute atomic E-state index is 0.0277. The Balaban J connectivity index is 2.48. The van der Waals surface area contributed by atoms with Gasteiger partial charge in [0.25, 0.3) is 5.91 Å². The normalized spacial score (nSPS) is 10.1. The minimum atomic E-state index is -0.450. The highest BCUT2D eigenvalue weighted by Crippen LogP contribution is 1.93. The van der Waals surface area contributed by atoms with E-state index in [0.29, 0.717) is 4.73 Å². The molecular formula is C11H15N3O3. The van der Waals surface area contributed by atoms with E-state index in [1.54, 1.807) is 0 Å². The Morgan fingerprint density at radius 2 is 2.18 bits per heavy atom. The Hall–Kier alpha value is -2.11. The Kier molecular flexibility index (Phi) is 4.45. The maximum Gasteiger partial charge on any atom is 0.257 e. The molecule has 1 aromatic rings. The van der Waals surface area contributed by atoms with Crippen LogP contribution in [0.4, 0.5) is 0 Å². The molecule has 0 saturated carbocycles. The number of hydrogen-bond acceptors (Lipinski definition) is 3. The van der Waals surface area contributed by atoms with Crippen LogP contribution in [0.5, 0.6) is 0 Å². The molecule has 0 aliphatic carbocycles. The molecule has 92 valence electrons. The molecule has 1 aromatic heterocycles. The van der Waals surface area contributed by atoms with Crippen molar-refractivity contribution in [1.82, 2.24) is 10.6 Å². The average molecular weight is 237 g/mol. The second-order valence-electron chi connectivity index (χ2n) is 3.86. The summed E-state index contributed by atoms with van der Waals surface area (Å²) in [6.07, 6.45) is 2.43. The molecule has 0 unspecified atom stereocenters. The molecule has 0 spiro atoms. The average Bonchev–Trinajstić information content (AvgIpc) is 2.25. The summed E-state index contributed by atoms with van der Waals surface area (Å²) in [5.74, 6) is -0.714. The van der Waals surface area contributed by atoms with Gasteiger partial charge in [0.1, 0.15) is 5.56 Å². The van der Waals surface area contributed by atoms with Gasteiger partial charge >= 0.3 is 0 Å². The fourth-order valence-electron chi connectivity index (χ4n) is 1.22. The van der Waals surface area contributed by atoms with Crippen molar-refractivity contribution in [2.24, 2.45) is 0 Å². The zero-order valence-corrected chi connectivity index (χ0v) is 9.77. The summed E-state index contributed by atoms with van der Waals surface area (Å²) in [5.41, 5.74) is 0.222. The summed E-state index contributed by atoms with van der Waals surface area (Å²) in [5, 5.41) is 16.0. The number of amides is 2. The summed E-state index contributed by atoms with van der Waals surface area (Å²) in [6.45, 7) is 3.55. The first-order valence-electron chi connectivity index (χ1n) is 5.25. The Labute approximate surface area is 99.2 Å². The standard InChI is InChI=1S/C11H15N3O3/c1-8(2)13-10(15)6-12-11(16)9-4-3-5-14(17)7-9/h3-5,7-8H,6H2,1-2H3,(H,12,16)(H,13,15). The van der Waals surface area contributed by atoms with Crippen LogP contribution >= 0.6 is 0 Å². The summed E-state index contributed by atoms with van der Waals surface area (Å²) < 4.78 is 0.531. The molecular weight excluding hydrogens is 222 g/mol. The fraction of sp³-hybridized carbons (Fsp3) is 0.364. The van der Waals surface area contributed by atoms with E-state index in [1.807, 2.05) is 13.8 Å². The third kappa shape index (κ3) is 4.50. The number of nitrogens with one attached hydrogen (secondary N) is 2. The van der Waals surface area contributed by atoms with E-state index >= 15 is 0 Å². The van der Waals surface area contributed by atoms with Crippen LogP contribution in [-0.2, 0) is 4.79 Å². The van der Waals surface area contributed by atoms with Crippen LogP contribution in [0.25, 0.3) is 0 Å². The molecule has 2 N–H and O–H groups in total. The molecule has 1 rings (SSSR count). The number of pyridine rings is 1. The molecule has 0 radical (unpaired) electrons. The van der Waals surface area contributed by atoms with Gasteiger partial charge in [-0.15, -0.1) is 0 Å². The minimum Gasteiger partial charge on any atom is -0.619 e. The van der Waals surface area contributed by atoms with Crippen molar-refractivity contribution < 1.29 is 14.3 Å². The zero-order chi connectivity index (χ0) is 12.8. The van der Waals surface area contributed by atoms with E-state index in [-0.39, 0.29) is 24.1 Å². The molecule has 0 aliphatic rings. The van der Waals surface area contributed by atoms with Crippen molar-refractivity contribution in [3.63, 3.8) is 0 Å². The van der Waals surface area contributed by atoms with Crippen LogP contribution < -0.4 is 15.4 Å². The van der Waals surface area contributed by atoms with Gasteiger partial charge in [0, 0.05) is 12.1 Å². The Morgan fingerprint density at radius 1 is 1.47 bits per heavy atom. The van der Waals surface area contributed by atoms with Crippen LogP contribution in [0.15, 0.2) is 24.5 Å². The van der Waals surface area contributed by atoms with Gasteiger partial charge in [-0.3, -0.25) is 9.59 Å². The SMILES string of the molecule is CC(C)NC(=O)CNC(=O)c1ccc[n+]([O-])c1. The highest BCUT2D eigenvalue weighted by molar-refractivity contribution is 5.95. The van der Waals surface area contributed by atoms with Gasteiger partial charge in [0.2, 0.25) is 5.91 Å². The molecule has 0 aromatic carbocycles. The summed E-state index contributed by atoms with van der Waals surface area (Å²) in [7, 11) is 0. The number of hydrogen-bond donors (Lipinski definition) is 2. The van der Waals surface area contributed by atoms with E-state index in [1.165, 1.54) is 18.3 Å². The lowest BCUT2D eigenvalue weighted by atomic mass is 10.2. The number of rotatable bonds is 4. The maximum atomic E-state index is 11.5. The van der Waals surface area contributed by atoms with Crippen molar-refractivity contribution in [1.29, 1.82) is 0 Å². The number of carbonyl (C=O) groups excluding carboxylic acids is 2. The topological polar surface area (TPSA) is 85.1 Å². The molecule has 1 heterocycles. The quantitative estimate of drug-likeness (QED) is 0.550. The van der Waals surface area contributed by atoms with E-state index in [9.17, 15) is 14.8 Å². The van der Waals surface area contributed by atoms with Crippen LogP contribution in [0.1, 0.15) is 24.2 Å². The van der Waals surface area contributed by atoms with Crippen molar-refractivity contribution >= 4 is 11.8 Å². The first-order chi connectivity index (χ1) is 7.99. The Bertz CT molecular complexity index is 418. The number of carbonyl (C=O) groups is 2. The second kappa shape index (κ2) is 5.83. The van der Waals surface area contributed by atoms with Gasteiger partial charge < -0.3 is 15.8 Å². The van der Waals surface area contributed by atoms with Crippen molar-refractivity contribution in [2.75, 3.05) is 6.54 Å². The molecule has 0 aliphatic heterocycles. The summed E-state index contributed by atoms with van der Waals surface area (Å²) in [4.78, 5) is 22.8. The highest BCUT2D eigenvalue weighted by atomic mass is 16.5. The van der Waals surface area contributed by atoms with Gasteiger partial charge in [-0.1, -0.05) is 0 Å². The van der Waals surface area contributed by atoms with Crippen LogP contribution in [0.3, 0.4) is 0 Å². The van der Waals surface area contributed by atoms with E-state index in [0.717, 1.165) is 6.20 Å². The number of nitrogens with zero attached hydrogens (tertiary/aromatic N) is 1. The smallest absolute Gasteiger partial charge is 0.257 e. The van der Waals surface area contributed by atoms with E-state index in [2.05, 4.69) is 10.6 Å². The Morgan fingerprint density at radius 3 is 2.76 bits per heavy atom. The maximum absolute atomic E-state index is 11.5. The first kappa shape index (κ1) is 13.0. The molecule has 0 saturated heterocycles. The molecule has 6 heteroatoms. The van der Waals surface area contributed by atoms with Gasteiger partial charge in [0.15, 0.2) is 12.4 Å². The van der Waals surface area contributed by atoms with Crippen LogP contribution in [-0.4, -0.2) is 24.4 Å². The first-order valence-corrected chi connectivity index (χ1v) is 5.25. The summed E-state index contributed by atoms with van der Waals surface area (Å²) in [6, 6.07) is 3.00. The van der Waals surface area contributed by atoms with E-state index in [4.69, 9.17) is 0 Å². The van der Waals surface area contributed by atoms with Crippen LogP contribution in [0, 0.1) is 5.21 Å². The third-order valence-corrected chi connectivity index (χ3v) is 1.90. The fourth-order valence-corrected chi connectivity index (χ4v) is 1.22. The van der Waals surface area contributed by atoms with Crippen molar-refractivity contribution in [3.05, 3.63) is 35.3 Å². The predicted molar refractivity (Wildman–Crippen MR) is 61.0 cm³/mol. The van der Waals surface area contributed by atoms with Gasteiger partial charge in [-0.2, -0.15) is 4.73 Å². The van der Waals surface area contributed by atoms with Gasteiger partial charge in [0.05, 0.1) is 6.54 Å². The summed E-state index contributed by atoms with van der Waals surface area (Å²) >= 11 is 0. The lowest BCUT2D eigenvalue weighted by Crippen LogP contribution is -2.40. The molecule has 0 atom stereocenters. The van der Waals surface area contributed by atoms with Crippen LogP contribution in [0.2, 0.25) is 0 Å². The lowest BCUT2D eigenvalue weighted by Gasteiger charge is -2.08. The molecule has 0 fully saturated rings. The van der Waals surface area contributed by atoms with Crippen molar-refractivity contribution in [3.8, 4) is 0 Å². The number of aromatic nitrogens is 1. The predicted octanol–water partition coefficient (Wildman–Crippen LogP) is -0.426. The van der Waals surface area contributed by atoms with Crippen molar-refractivity contribution in [2.45, 2.75) is 19.9 Å². The third-order valence-electron chi connectivity index (χ3n) is 1.90. The molecule has 0 bridgehead atoms. The van der Waals surface area contributed by atoms with Gasteiger partial charge in [-0.05, 0) is 19.9 Å². The monoisotopic (exact) mass is 237 g/mol. The molecule has 6 nitrogen and oxygen atoms in total. The lowest BCUT2D eigenvalue weighted by molar-refractivity contribution is -0.605.